The molecule has 0 radical (unpaired) electrons. The highest BCUT2D eigenvalue weighted by Crippen LogP contribution is 2.11. The normalized spacial score (nSPS) is 16.7. The Kier molecular flexibility index (Phi) is 11.0. The third-order valence-electron chi connectivity index (χ3n) is 5.46. The van der Waals surface area contributed by atoms with E-state index < -0.39 is 54.0 Å². The molecule has 0 aliphatic rings. The van der Waals surface area contributed by atoms with Crippen LogP contribution in [0.1, 0.15) is 46.7 Å². The van der Waals surface area contributed by atoms with Crippen molar-refractivity contribution >= 4 is 23.7 Å². The number of carboxylic acid groups (broad SMARTS) is 1. The van der Waals surface area contributed by atoms with Gasteiger partial charge in [-0.1, -0.05) is 34.1 Å². The first-order valence-electron chi connectivity index (χ1n) is 10.9. The summed E-state index contributed by atoms with van der Waals surface area (Å²) in [5.74, 6) is -3.86. The van der Waals surface area contributed by atoms with Crippen LogP contribution in [0.3, 0.4) is 0 Å². The number of nitrogens with zero attached hydrogens (tertiary/aromatic N) is 1. The van der Waals surface area contributed by atoms with Gasteiger partial charge in [-0.3, -0.25) is 14.4 Å². The van der Waals surface area contributed by atoms with Crippen LogP contribution in [0.25, 0.3) is 0 Å². The summed E-state index contributed by atoms with van der Waals surface area (Å²) in [5, 5.41) is 26.7. The van der Waals surface area contributed by atoms with E-state index in [-0.39, 0.29) is 18.3 Å². The summed E-state index contributed by atoms with van der Waals surface area (Å²) in [6.07, 6.45) is 2.29. The number of aliphatic hydroxyl groups excluding tert-OH is 1. The minimum absolute atomic E-state index is 0.0113. The molecule has 6 unspecified atom stereocenters. The average molecular weight is 469 g/mol. The van der Waals surface area contributed by atoms with Crippen LogP contribution in [0.4, 0.5) is 0 Å². The summed E-state index contributed by atoms with van der Waals surface area (Å²) in [5.41, 5.74) is 6.20. The van der Waals surface area contributed by atoms with E-state index >= 15 is 0 Å². The van der Waals surface area contributed by atoms with Gasteiger partial charge in [-0.05, 0) is 18.8 Å². The maximum atomic E-state index is 13.0. The Bertz CT molecular complexity index is 797. The van der Waals surface area contributed by atoms with Crippen molar-refractivity contribution in [1.82, 2.24) is 25.9 Å². The summed E-state index contributed by atoms with van der Waals surface area (Å²) in [7, 11) is 0. The van der Waals surface area contributed by atoms with Gasteiger partial charge < -0.3 is 36.9 Å². The zero-order valence-electron chi connectivity index (χ0n) is 19.7. The molecule has 1 aromatic rings. The lowest BCUT2D eigenvalue weighted by Crippen LogP contribution is -2.60. The van der Waals surface area contributed by atoms with Gasteiger partial charge >= 0.3 is 5.97 Å². The molecule has 12 nitrogen and oxygen atoms in total. The highest BCUT2D eigenvalue weighted by Gasteiger charge is 2.34. The van der Waals surface area contributed by atoms with E-state index in [1.807, 2.05) is 6.92 Å². The number of rotatable bonds is 13. The predicted molar refractivity (Wildman–Crippen MR) is 120 cm³/mol. The Hall–Kier alpha value is -2.99. The zero-order valence-corrected chi connectivity index (χ0v) is 19.7. The molecule has 0 fully saturated rings. The number of hydrogen-bond donors (Lipinski definition) is 7. The van der Waals surface area contributed by atoms with Gasteiger partial charge in [0.1, 0.15) is 24.2 Å². The van der Waals surface area contributed by atoms with Crippen molar-refractivity contribution in [3.63, 3.8) is 0 Å². The largest absolute Gasteiger partial charge is 0.480 e. The van der Waals surface area contributed by atoms with Gasteiger partial charge in [0, 0.05) is 18.3 Å². The predicted octanol–water partition coefficient (Wildman–Crippen LogP) is -1.10. The van der Waals surface area contributed by atoms with Crippen LogP contribution in [0.2, 0.25) is 0 Å². The van der Waals surface area contributed by atoms with Crippen molar-refractivity contribution in [1.29, 1.82) is 0 Å². The van der Waals surface area contributed by atoms with Gasteiger partial charge in [0.25, 0.3) is 0 Å². The molecule has 33 heavy (non-hydrogen) atoms. The average Bonchev–Trinajstić information content (AvgIpc) is 3.26. The van der Waals surface area contributed by atoms with E-state index in [1.54, 1.807) is 20.8 Å². The van der Waals surface area contributed by atoms with Crippen LogP contribution in [0.15, 0.2) is 12.5 Å². The molecule has 0 aliphatic carbocycles. The molecule has 186 valence electrons. The molecule has 1 heterocycles. The van der Waals surface area contributed by atoms with Gasteiger partial charge in [0.05, 0.1) is 12.4 Å². The fourth-order valence-electron chi connectivity index (χ4n) is 3.03. The number of aromatic nitrogens is 2. The third kappa shape index (κ3) is 8.46. The van der Waals surface area contributed by atoms with Crippen LogP contribution < -0.4 is 21.7 Å². The minimum atomic E-state index is -1.23. The fraction of sp³-hybridized carbons (Fsp3) is 0.667. The highest BCUT2D eigenvalue weighted by molar-refractivity contribution is 5.94. The van der Waals surface area contributed by atoms with E-state index in [9.17, 15) is 29.4 Å². The van der Waals surface area contributed by atoms with E-state index in [2.05, 4.69) is 25.9 Å². The molecular weight excluding hydrogens is 432 g/mol. The Morgan fingerprint density at radius 2 is 1.61 bits per heavy atom. The van der Waals surface area contributed by atoms with Crippen LogP contribution in [-0.4, -0.2) is 74.1 Å². The summed E-state index contributed by atoms with van der Waals surface area (Å²) in [6, 6.07) is -4.49. The fourth-order valence-corrected chi connectivity index (χ4v) is 3.03. The number of carbonyl (C=O) groups is 4. The zero-order chi connectivity index (χ0) is 25.3. The van der Waals surface area contributed by atoms with Crippen molar-refractivity contribution < 1.29 is 29.4 Å². The molecule has 1 rings (SSSR count). The van der Waals surface area contributed by atoms with Crippen LogP contribution in [-0.2, 0) is 25.6 Å². The molecule has 12 heteroatoms. The second-order valence-corrected chi connectivity index (χ2v) is 8.55. The number of aromatic amines is 1. The molecule has 8 N–H and O–H groups in total. The van der Waals surface area contributed by atoms with Gasteiger partial charge in [0.15, 0.2) is 0 Å². The molecule has 3 amide bonds. The van der Waals surface area contributed by atoms with Crippen molar-refractivity contribution in [3.05, 3.63) is 18.2 Å². The van der Waals surface area contributed by atoms with E-state index in [4.69, 9.17) is 5.73 Å². The maximum Gasteiger partial charge on any atom is 0.326 e. The van der Waals surface area contributed by atoms with Gasteiger partial charge in [0.2, 0.25) is 17.7 Å². The Morgan fingerprint density at radius 3 is 2.06 bits per heavy atom. The second kappa shape index (κ2) is 12.9. The van der Waals surface area contributed by atoms with Crippen molar-refractivity contribution in [3.8, 4) is 0 Å². The van der Waals surface area contributed by atoms with E-state index in [0.717, 1.165) is 0 Å². The Morgan fingerprint density at radius 1 is 1.03 bits per heavy atom. The Balaban J connectivity index is 2.97. The molecule has 6 atom stereocenters. The minimum Gasteiger partial charge on any atom is -0.480 e. The number of aliphatic carboxylic acids is 1. The van der Waals surface area contributed by atoms with Gasteiger partial charge in [-0.2, -0.15) is 0 Å². The molecule has 0 bridgehead atoms. The summed E-state index contributed by atoms with van der Waals surface area (Å²) >= 11 is 0. The number of nitrogens with two attached hydrogens (primary N) is 1. The van der Waals surface area contributed by atoms with E-state index in [0.29, 0.717) is 12.1 Å². The number of nitrogens with one attached hydrogen (secondary N) is 4. The van der Waals surface area contributed by atoms with Crippen LogP contribution in [0, 0.1) is 11.8 Å². The number of aliphatic hydroxyl groups is 1. The molecule has 0 spiro atoms. The summed E-state index contributed by atoms with van der Waals surface area (Å²) in [6.45, 7) is 8.37. The molecule has 0 saturated heterocycles. The third-order valence-corrected chi connectivity index (χ3v) is 5.46. The number of hydrogen-bond acceptors (Lipinski definition) is 7. The second-order valence-electron chi connectivity index (χ2n) is 8.55. The van der Waals surface area contributed by atoms with Crippen LogP contribution in [0.5, 0.6) is 0 Å². The van der Waals surface area contributed by atoms with Crippen molar-refractivity contribution in [2.45, 2.75) is 77.7 Å². The first kappa shape index (κ1) is 28.0. The lowest BCUT2D eigenvalue weighted by Gasteiger charge is -2.29. The summed E-state index contributed by atoms with van der Waals surface area (Å²) < 4.78 is 0. The van der Waals surface area contributed by atoms with Gasteiger partial charge in [-0.25, -0.2) is 9.78 Å². The van der Waals surface area contributed by atoms with Crippen LogP contribution >= 0.6 is 0 Å². The summed E-state index contributed by atoms with van der Waals surface area (Å²) in [4.78, 5) is 56.5. The van der Waals surface area contributed by atoms with E-state index in [1.165, 1.54) is 19.4 Å². The van der Waals surface area contributed by atoms with Crippen molar-refractivity contribution in [2.75, 3.05) is 0 Å². The topological polar surface area (TPSA) is 200 Å². The number of H-pyrrole nitrogens is 1. The molecule has 0 aliphatic heterocycles. The quantitative estimate of drug-likeness (QED) is 0.189. The number of amides is 3. The standard InChI is InChI=1S/C21H36N6O6/c1-6-11(4)17(27-18(29)15(22)12(5)28)20(31)26-16(10(2)3)19(30)25-14(21(32)33)7-13-8-23-9-24-13/h8-12,14-17,28H,6-7,22H2,1-5H3,(H,23,24)(H,25,30)(H,26,31)(H,27,29)(H,32,33). The molecule has 0 aromatic carbocycles. The molecular formula is C21H36N6O6. The van der Waals surface area contributed by atoms with Gasteiger partial charge in [-0.15, -0.1) is 0 Å². The molecule has 1 aromatic heterocycles. The highest BCUT2D eigenvalue weighted by atomic mass is 16.4. The maximum absolute atomic E-state index is 13.0. The SMILES string of the molecule is CCC(C)C(NC(=O)C(N)C(C)O)C(=O)NC(C(=O)NC(Cc1cnc[nH]1)C(=O)O)C(C)C. The Labute approximate surface area is 193 Å². The number of carbonyl (C=O) groups excluding carboxylic acids is 3. The first-order chi connectivity index (χ1) is 15.4. The monoisotopic (exact) mass is 468 g/mol. The first-order valence-corrected chi connectivity index (χ1v) is 10.9. The van der Waals surface area contributed by atoms with Crippen molar-refractivity contribution in [2.24, 2.45) is 17.6 Å². The lowest BCUT2D eigenvalue weighted by molar-refractivity contribution is -0.142. The number of imidazole rings is 1. The lowest BCUT2D eigenvalue weighted by atomic mass is 9.96. The number of carboxylic acids is 1. The smallest absolute Gasteiger partial charge is 0.326 e. The molecule has 0 saturated carbocycles.